The van der Waals surface area contributed by atoms with Gasteiger partial charge in [0.2, 0.25) is 5.91 Å². The molecule has 0 atom stereocenters. The molecule has 0 fully saturated rings. The van der Waals surface area contributed by atoms with Crippen molar-refractivity contribution in [2.45, 2.75) is 6.54 Å². The first-order valence-electron chi connectivity index (χ1n) is 7.70. The number of fused-ring (bicyclic) bond motifs is 3. The van der Waals surface area contributed by atoms with Crippen LogP contribution in [0.1, 0.15) is 15.9 Å². The van der Waals surface area contributed by atoms with Crippen molar-refractivity contribution in [1.82, 2.24) is 4.57 Å². The molecular weight excluding hydrogens is 320 g/mol. The minimum absolute atomic E-state index is 0.416. The molecule has 2 N–H and O–H groups in total. The maximum absolute atomic E-state index is 11.9. The number of nitrogens with two attached hydrogens (primary N) is 1. The van der Waals surface area contributed by atoms with Crippen LogP contribution < -0.4 is 5.73 Å². The van der Waals surface area contributed by atoms with Crippen molar-refractivity contribution in [2.75, 3.05) is 0 Å². The van der Waals surface area contributed by atoms with E-state index in [9.17, 15) is 4.79 Å². The van der Waals surface area contributed by atoms with Crippen molar-refractivity contribution in [3.05, 3.63) is 82.9 Å². The molecule has 1 aromatic heterocycles. The lowest BCUT2D eigenvalue weighted by molar-refractivity contribution is 0.100. The third-order valence-electron chi connectivity index (χ3n) is 4.35. The van der Waals surface area contributed by atoms with Crippen LogP contribution in [0.25, 0.3) is 21.8 Å². The summed E-state index contributed by atoms with van der Waals surface area (Å²) in [5.74, 6) is -0.416. The summed E-state index contributed by atoms with van der Waals surface area (Å²) in [7, 11) is 0. The lowest BCUT2D eigenvalue weighted by Crippen LogP contribution is -2.11. The number of benzene rings is 3. The van der Waals surface area contributed by atoms with Crippen molar-refractivity contribution in [3.63, 3.8) is 0 Å². The highest BCUT2D eigenvalue weighted by molar-refractivity contribution is 6.31. The van der Waals surface area contributed by atoms with E-state index < -0.39 is 5.91 Å². The van der Waals surface area contributed by atoms with Gasteiger partial charge in [0.1, 0.15) is 0 Å². The molecule has 0 aliphatic carbocycles. The number of amides is 1. The van der Waals surface area contributed by atoms with Crippen LogP contribution in [-0.2, 0) is 6.54 Å². The molecule has 0 aliphatic heterocycles. The third kappa shape index (κ3) is 2.25. The normalized spacial score (nSPS) is 11.2. The Morgan fingerprint density at radius 2 is 1.62 bits per heavy atom. The van der Waals surface area contributed by atoms with Crippen LogP contribution >= 0.6 is 11.6 Å². The highest BCUT2D eigenvalue weighted by Gasteiger charge is 2.16. The molecule has 0 radical (unpaired) electrons. The molecule has 0 bridgehead atoms. The molecule has 0 saturated heterocycles. The third-order valence-corrected chi connectivity index (χ3v) is 4.72. The summed E-state index contributed by atoms with van der Waals surface area (Å²) in [6.45, 7) is 0.631. The minimum atomic E-state index is -0.416. The van der Waals surface area contributed by atoms with Crippen molar-refractivity contribution in [1.29, 1.82) is 0 Å². The fourth-order valence-electron chi connectivity index (χ4n) is 3.27. The van der Waals surface area contributed by atoms with Crippen molar-refractivity contribution < 1.29 is 4.79 Å². The zero-order valence-corrected chi connectivity index (χ0v) is 13.6. The molecule has 118 valence electrons. The largest absolute Gasteiger partial charge is 0.366 e. The number of primary amides is 1. The van der Waals surface area contributed by atoms with Gasteiger partial charge >= 0.3 is 0 Å². The monoisotopic (exact) mass is 334 g/mol. The summed E-state index contributed by atoms with van der Waals surface area (Å²) in [5, 5.41) is 2.65. The number of hydrogen-bond acceptors (Lipinski definition) is 1. The minimum Gasteiger partial charge on any atom is -0.366 e. The van der Waals surface area contributed by atoms with Crippen LogP contribution in [-0.4, -0.2) is 10.5 Å². The molecule has 4 rings (SSSR count). The van der Waals surface area contributed by atoms with Crippen molar-refractivity contribution in [3.8, 4) is 0 Å². The second-order valence-corrected chi connectivity index (χ2v) is 6.17. The number of carbonyl (C=O) groups excluding carboxylic acids is 1. The summed E-state index contributed by atoms with van der Waals surface area (Å²) in [5.41, 5.74) is 9.20. The maximum atomic E-state index is 11.9. The Kier molecular flexibility index (Phi) is 3.51. The average Bonchev–Trinajstić information content (AvgIpc) is 2.91. The zero-order chi connectivity index (χ0) is 16.7. The summed E-state index contributed by atoms with van der Waals surface area (Å²) >= 11 is 6.34. The van der Waals surface area contributed by atoms with Gasteiger partial charge in [-0.3, -0.25) is 4.79 Å². The number of para-hydroxylation sites is 1. The van der Waals surface area contributed by atoms with Gasteiger partial charge < -0.3 is 10.3 Å². The Morgan fingerprint density at radius 3 is 2.42 bits per heavy atom. The van der Waals surface area contributed by atoms with E-state index in [2.05, 4.69) is 10.6 Å². The van der Waals surface area contributed by atoms with Crippen molar-refractivity contribution >= 4 is 39.3 Å². The molecule has 24 heavy (non-hydrogen) atoms. The Labute approximate surface area is 144 Å². The topological polar surface area (TPSA) is 48.0 Å². The molecule has 0 saturated carbocycles. The van der Waals surface area contributed by atoms with E-state index in [4.69, 9.17) is 17.3 Å². The molecule has 1 heterocycles. The Morgan fingerprint density at radius 1 is 0.917 bits per heavy atom. The summed E-state index contributed by atoms with van der Waals surface area (Å²) < 4.78 is 2.18. The van der Waals surface area contributed by atoms with E-state index in [0.717, 1.165) is 32.4 Å². The number of hydrogen-bond donors (Lipinski definition) is 1. The van der Waals surface area contributed by atoms with Crippen LogP contribution in [0.15, 0.2) is 66.7 Å². The zero-order valence-electron chi connectivity index (χ0n) is 12.9. The molecule has 4 aromatic rings. The molecule has 1 amide bonds. The SMILES string of the molecule is NC(=O)c1cccc2c1c1ccccc1n2Cc1ccccc1Cl. The molecule has 4 heteroatoms. The van der Waals surface area contributed by atoms with E-state index in [-0.39, 0.29) is 0 Å². The van der Waals surface area contributed by atoms with Gasteiger partial charge in [0.25, 0.3) is 0 Å². The smallest absolute Gasteiger partial charge is 0.249 e. The standard InChI is InChI=1S/C20H15ClN2O/c21-16-9-3-1-6-13(16)12-23-17-10-4-2-7-14(17)19-15(20(22)24)8-5-11-18(19)23/h1-11H,12H2,(H2,22,24). The van der Waals surface area contributed by atoms with E-state index >= 15 is 0 Å². The molecule has 3 aromatic carbocycles. The number of carbonyl (C=O) groups is 1. The molecule has 3 nitrogen and oxygen atoms in total. The van der Waals surface area contributed by atoms with Crippen LogP contribution in [0.5, 0.6) is 0 Å². The molecule has 0 spiro atoms. The number of aromatic nitrogens is 1. The van der Waals surface area contributed by atoms with Gasteiger partial charge in [-0.2, -0.15) is 0 Å². The quantitative estimate of drug-likeness (QED) is 0.585. The van der Waals surface area contributed by atoms with Gasteiger partial charge in [-0.15, -0.1) is 0 Å². The van der Waals surface area contributed by atoms with Crippen LogP contribution in [0.3, 0.4) is 0 Å². The van der Waals surface area contributed by atoms with Crippen LogP contribution in [0.4, 0.5) is 0 Å². The predicted octanol–water partition coefficient (Wildman–Crippen LogP) is 4.60. The Balaban J connectivity index is 2.06. The van der Waals surface area contributed by atoms with E-state index in [1.165, 1.54) is 0 Å². The van der Waals surface area contributed by atoms with Gasteiger partial charge in [0.15, 0.2) is 0 Å². The van der Waals surface area contributed by atoms with E-state index in [1.807, 2.05) is 54.6 Å². The summed E-state index contributed by atoms with van der Waals surface area (Å²) in [4.78, 5) is 11.9. The van der Waals surface area contributed by atoms with Gasteiger partial charge in [-0.25, -0.2) is 0 Å². The molecular formula is C20H15ClN2O. The fraction of sp³-hybridized carbons (Fsp3) is 0.0500. The van der Waals surface area contributed by atoms with E-state index in [0.29, 0.717) is 12.1 Å². The second-order valence-electron chi connectivity index (χ2n) is 5.76. The van der Waals surface area contributed by atoms with Crippen LogP contribution in [0.2, 0.25) is 5.02 Å². The van der Waals surface area contributed by atoms with Gasteiger partial charge in [0.05, 0.1) is 5.52 Å². The summed E-state index contributed by atoms with van der Waals surface area (Å²) in [6.07, 6.45) is 0. The first kappa shape index (κ1) is 14.8. The molecule has 0 aliphatic rings. The number of halogens is 1. The summed E-state index contributed by atoms with van der Waals surface area (Å²) in [6, 6.07) is 21.5. The van der Waals surface area contributed by atoms with Gasteiger partial charge in [0, 0.05) is 33.4 Å². The Bertz CT molecular complexity index is 1080. The van der Waals surface area contributed by atoms with E-state index in [1.54, 1.807) is 6.07 Å². The average molecular weight is 335 g/mol. The predicted molar refractivity (Wildman–Crippen MR) is 98.5 cm³/mol. The number of rotatable bonds is 3. The van der Waals surface area contributed by atoms with Crippen LogP contribution in [0, 0.1) is 0 Å². The number of nitrogens with zero attached hydrogens (tertiary/aromatic N) is 1. The highest BCUT2D eigenvalue weighted by atomic mass is 35.5. The van der Waals surface area contributed by atoms with Gasteiger partial charge in [-0.1, -0.05) is 54.1 Å². The molecule has 0 unspecified atom stereocenters. The fourth-order valence-corrected chi connectivity index (χ4v) is 3.47. The first-order valence-corrected chi connectivity index (χ1v) is 8.08. The second kappa shape index (κ2) is 5.69. The lowest BCUT2D eigenvalue weighted by atomic mass is 10.1. The lowest BCUT2D eigenvalue weighted by Gasteiger charge is -2.09. The maximum Gasteiger partial charge on any atom is 0.249 e. The Hall–Kier alpha value is -2.78. The highest BCUT2D eigenvalue weighted by Crippen LogP contribution is 2.32. The van der Waals surface area contributed by atoms with Crippen molar-refractivity contribution in [2.24, 2.45) is 5.73 Å². The first-order chi connectivity index (χ1) is 11.7. The van der Waals surface area contributed by atoms with Gasteiger partial charge in [-0.05, 0) is 29.8 Å².